The molecule has 5 heteroatoms. The van der Waals surface area contributed by atoms with Gasteiger partial charge in [-0.25, -0.2) is 0 Å². The van der Waals surface area contributed by atoms with Crippen molar-refractivity contribution < 1.29 is 14.6 Å². The smallest absolute Gasteiger partial charge is 0.171 e. The zero-order chi connectivity index (χ0) is 19.7. The number of hydrogen-bond donors (Lipinski definition) is 3. The number of ether oxygens (including phenoxy) is 2. The minimum Gasteiger partial charge on any atom is -0.382 e. The maximum absolute atomic E-state index is 10.8. The second-order valence-corrected chi connectivity index (χ2v) is 8.44. The van der Waals surface area contributed by atoms with Crippen LogP contribution in [-0.4, -0.2) is 34.6 Å². The van der Waals surface area contributed by atoms with Crippen molar-refractivity contribution in [2.24, 2.45) is 5.41 Å². The maximum atomic E-state index is 10.8. The molecule has 0 saturated carbocycles. The van der Waals surface area contributed by atoms with Gasteiger partial charge in [-0.1, -0.05) is 43.7 Å². The van der Waals surface area contributed by atoms with E-state index in [0.29, 0.717) is 13.2 Å². The number of nitrogens with one attached hydrogen (secondary N) is 2. The first kappa shape index (κ1) is 19.0. The van der Waals surface area contributed by atoms with E-state index < -0.39 is 6.10 Å². The first-order chi connectivity index (χ1) is 13.4. The summed E-state index contributed by atoms with van der Waals surface area (Å²) in [6, 6.07) is 15.9. The fraction of sp³-hybridized carbons (Fsp3) is 0.391. The number of benzene rings is 1. The topological polar surface area (TPSA) is 70.3 Å². The molecule has 148 valence electrons. The predicted molar refractivity (Wildman–Crippen MR) is 108 cm³/mol. The Balaban J connectivity index is 1.60. The summed E-state index contributed by atoms with van der Waals surface area (Å²) in [4.78, 5) is 6.69. The lowest BCUT2D eigenvalue weighted by molar-refractivity contribution is -0.227. The van der Waals surface area contributed by atoms with Crippen LogP contribution in [-0.2, 0) is 9.47 Å². The fourth-order valence-corrected chi connectivity index (χ4v) is 3.59. The zero-order valence-electron chi connectivity index (χ0n) is 16.6. The van der Waals surface area contributed by atoms with E-state index in [9.17, 15) is 5.11 Å². The summed E-state index contributed by atoms with van der Waals surface area (Å²) >= 11 is 0. The average Bonchev–Trinajstić information content (AvgIpc) is 3.36. The minimum atomic E-state index is -0.703. The highest BCUT2D eigenvalue weighted by atomic mass is 16.7. The number of aromatic nitrogens is 2. The van der Waals surface area contributed by atoms with Crippen molar-refractivity contribution >= 4 is 0 Å². The van der Waals surface area contributed by atoms with Gasteiger partial charge in [-0.15, -0.1) is 0 Å². The van der Waals surface area contributed by atoms with Crippen LogP contribution in [0.25, 0.3) is 0 Å². The Bertz CT molecular complexity index is 886. The molecule has 0 bridgehead atoms. The first-order valence-corrected chi connectivity index (χ1v) is 9.73. The summed E-state index contributed by atoms with van der Waals surface area (Å²) < 4.78 is 12.2. The molecular weight excluding hydrogens is 352 g/mol. The van der Waals surface area contributed by atoms with Gasteiger partial charge in [-0.05, 0) is 36.8 Å². The fourth-order valence-electron chi connectivity index (χ4n) is 3.59. The third kappa shape index (κ3) is 3.92. The van der Waals surface area contributed by atoms with Gasteiger partial charge in [0.05, 0.1) is 19.1 Å². The van der Waals surface area contributed by atoms with Crippen LogP contribution in [0.4, 0.5) is 0 Å². The standard InChI is InChI=1S/C23H28N2O3/c1-15-6-8-16(9-7-15)21(26)19-11-10-18(25-19)20(17-5-4-12-24-17)22-27-13-23(2,3)14-28-22/h4-12,20-22,24-26H,13-14H2,1-3H3. The van der Waals surface area contributed by atoms with E-state index in [1.54, 1.807) is 0 Å². The molecule has 4 rings (SSSR count). The van der Waals surface area contributed by atoms with Crippen molar-refractivity contribution in [3.05, 3.63) is 82.9 Å². The molecule has 2 aromatic heterocycles. The molecule has 1 aliphatic heterocycles. The highest BCUT2D eigenvalue weighted by Gasteiger charge is 2.36. The molecule has 5 nitrogen and oxygen atoms in total. The normalized spacial score (nSPS) is 19.4. The largest absolute Gasteiger partial charge is 0.382 e. The molecule has 0 amide bonds. The molecule has 0 spiro atoms. The van der Waals surface area contributed by atoms with Gasteiger partial charge in [0.15, 0.2) is 6.29 Å². The van der Waals surface area contributed by atoms with Crippen LogP contribution in [0.2, 0.25) is 0 Å². The highest BCUT2D eigenvalue weighted by molar-refractivity contribution is 5.33. The Labute approximate surface area is 165 Å². The number of hydrogen-bond acceptors (Lipinski definition) is 3. The summed E-state index contributed by atoms with van der Waals surface area (Å²) in [5.41, 5.74) is 4.77. The molecule has 2 unspecified atom stereocenters. The Hall–Kier alpha value is -2.34. The highest BCUT2D eigenvalue weighted by Crippen LogP contribution is 2.35. The van der Waals surface area contributed by atoms with Gasteiger partial charge in [-0.3, -0.25) is 0 Å². The van der Waals surface area contributed by atoms with Gasteiger partial charge < -0.3 is 24.5 Å². The molecule has 3 aromatic rings. The third-order valence-corrected chi connectivity index (χ3v) is 5.26. The number of aliphatic hydroxyl groups is 1. The third-order valence-electron chi connectivity index (χ3n) is 5.26. The summed E-state index contributed by atoms with van der Waals surface area (Å²) in [7, 11) is 0. The summed E-state index contributed by atoms with van der Waals surface area (Å²) in [6.07, 6.45) is 0.820. The molecule has 1 fully saturated rings. The van der Waals surface area contributed by atoms with Gasteiger partial charge in [0.1, 0.15) is 6.10 Å². The lowest BCUT2D eigenvalue weighted by Crippen LogP contribution is -2.41. The number of aryl methyl sites for hydroxylation is 1. The number of rotatable bonds is 5. The van der Waals surface area contributed by atoms with E-state index in [2.05, 4.69) is 23.8 Å². The van der Waals surface area contributed by atoms with E-state index in [0.717, 1.165) is 22.6 Å². The number of aliphatic hydroxyl groups excluding tert-OH is 1. The predicted octanol–water partition coefficient (Wildman–Crippen LogP) is 4.26. The molecule has 3 heterocycles. The quantitative estimate of drug-likeness (QED) is 0.619. The molecule has 3 N–H and O–H groups in total. The maximum Gasteiger partial charge on any atom is 0.171 e. The van der Waals surface area contributed by atoms with Crippen molar-refractivity contribution in [3.8, 4) is 0 Å². The summed E-state index contributed by atoms with van der Waals surface area (Å²) in [5.74, 6) is -0.120. The second kappa shape index (κ2) is 7.59. The Kier molecular flexibility index (Phi) is 5.15. The Morgan fingerprint density at radius 3 is 2.29 bits per heavy atom. The van der Waals surface area contributed by atoms with Crippen molar-refractivity contribution in [2.45, 2.75) is 39.1 Å². The summed E-state index contributed by atoms with van der Waals surface area (Å²) in [6.45, 7) is 7.60. The van der Waals surface area contributed by atoms with Crippen LogP contribution >= 0.6 is 0 Å². The van der Waals surface area contributed by atoms with Gasteiger partial charge in [-0.2, -0.15) is 0 Å². The van der Waals surface area contributed by atoms with Crippen LogP contribution < -0.4 is 0 Å². The molecule has 28 heavy (non-hydrogen) atoms. The first-order valence-electron chi connectivity index (χ1n) is 9.73. The van der Waals surface area contributed by atoms with Crippen LogP contribution in [0.3, 0.4) is 0 Å². The van der Waals surface area contributed by atoms with Gasteiger partial charge in [0.2, 0.25) is 0 Å². The van der Waals surface area contributed by atoms with E-state index in [1.807, 2.05) is 61.7 Å². The van der Waals surface area contributed by atoms with Crippen LogP contribution in [0.5, 0.6) is 0 Å². The van der Waals surface area contributed by atoms with E-state index >= 15 is 0 Å². The second-order valence-electron chi connectivity index (χ2n) is 8.44. The average molecular weight is 380 g/mol. The van der Waals surface area contributed by atoms with Gasteiger partial charge >= 0.3 is 0 Å². The van der Waals surface area contributed by atoms with Crippen molar-refractivity contribution in [2.75, 3.05) is 13.2 Å². The summed E-state index contributed by atoms with van der Waals surface area (Å²) in [5, 5.41) is 10.8. The zero-order valence-corrected chi connectivity index (χ0v) is 16.6. The molecule has 0 aliphatic carbocycles. The number of H-pyrrole nitrogens is 2. The van der Waals surface area contributed by atoms with Crippen molar-refractivity contribution in [1.29, 1.82) is 0 Å². The lowest BCUT2D eigenvalue weighted by atomic mass is 9.93. The Morgan fingerprint density at radius 2 is 1.64 bits per heavy atom. The molecule has 1 aliphatic rings. The van der Waals surface area contributed by atoms with E-state index in [4.69, 9.17) is 9.47 Å². The Morgan fingerprint density at radius 1 is 0.964 bits per heavy atom. The molecule has 1 aromatic carbocycles. The lowest BCUT2D eigenvalue weighted by Gasteiger charge is -2.37. The minimum absolute atomic E-state index is 0.0132. The molecule has 1 saturated heterocycles. The van der Waals surface area contributed by atoms with Crippen LogP contribution in [0.15, 0.2) is 54.7 Å². The molecule has 0 radical (unpaired) electrons. The van der Waals surface area contributed by atoms with Crippen molar-refractivity contribution in [1.82, 2.24) is 9.97 Å². The molecular formula is C23H28N2O3. The van der Waals surface area contributed by atoms with E-state index in [-0.39, 0.29) is 17.6 Å². The van der Waals surface area contributed by atoms with Crippen LogP contribution in [0, 0.1) is 12.3 Å². The van der Waals surface area contributed by atoms with Crippen LogP contribution in [0.1, 0.15) is 54.1 Å². The SMILES string of the molecule is Cc1ccc(C(O)c2ccc(C(c3ccc[nH]3)C3OCC(C)(C)CO3)[nH]2)cc1. The monoisotopic (exact) mass is 380 g/mol. The van der Waals surface area contributed by atoms with Gasteiger partial charge in [0, 0.05) is 28.7 Å². The van der Waals surface area contributed by atoms with E-state index in [1.165, 1.54) is 5.56 Å². The van der Waals surface area contributed by atoms with Crippen molar-refractivity contribution in [3.63, 3.8) is 0 Å². The van der Waals surface area contributed by atoms with Gasteiger partial charge in [0.25, 0.3) is 0 Å². The molecule has 2 atom stereocenters. The number of aromatic amines is 2.